The average molecular weight is 1120 g/mol. The summed E-state index contributed by atoms with van der Waals surface area (Å²) in [5.74, 6) is -0.841. The fourth-order valence-corrected chi connectivity index (χ4v) is 10.5. The van der Waals surface area contributed by atoms with Gasteiger partial charge in [0.25, 0.3) is 0 Å². The lowest BCUT2D eigenvalue weighted by molar-refractivity contribution is -0.167. The molecule has 6 heteroatoms. The van der Waals surface area contributed by atoms with Crippen LogP contribution in [0.2, 0.25) is 0 Å². The smallest absolute Gasteiger partial charge is 0.306 e. The molecule has 0 aliphatic heterocycles. The lowest BCUT2D eigenvalue weighted by Crippen LogP contribution is -2.30. The summed E-state index contributed by atoms with van der Waals surface area (Å²) in [7, 11) is 0. The Bertz CT molecular complexity index is 1430. The predicted molar refractivity (Wildman–Crippen MR) is 348 cm³/mol. The second-order valence-corrected chi connectivity index (χ2v) is 23.8. The third kappa shape index (κ3) is 65.9. The molecule has 0 rings (SSSR count). The van der Waals surface area contributed by atoms with E-state index >= 15 is 0 Å². The third-order valence-corrected chi connectivity index (χ3v) is 15.8. The van der Waals surface area contributed by atoms with Crippen molar-refractivity contribution in [3.63, 3.8) is 0 Å². The largest absolute Gasteiger partial charge is 0.462 e. The number of allylic oxidation sites excluding steroid dienone is 10. The molecular weight excluding hydrogens is 985 g/mol. The highest BCUT2D eigenvalue weighted by Gasteiger charge is 2.19. The predicted octanol–water partition coefficient (Wildman–Crippen LogP) is 24.3. The molecule has 0 radical (unpaired) electrons. The highest BCUT2D eigenvalue weighted by Crippen LogP contribution is 2.18. The van der Waals surface area contributed by atoms with Crippen LogP contribution in [-0.4, -0.2) is 37.2 Å². The van der Waals surface area contributed by atoms with E-state index in [-0.39, 0.29) is 31.1 Å². The Hall–Kier alpha value is -2.89. The van der Waals surface area contributed by atoms with E-state index in [1.165, 1.54) is 244 Å². The zero-order valence-electron chi connectivity index (χ0n) is 53.6. The molecular formula is C74H134O6. The van der Waals surface area contributed by atoms with Gasteiger partial charge in [-0.2, -0.15) is 0 Å². The Balaban J connectivity index is 4.23. The maximum Gasteiger partial charge on any atom is 0.306 e. The van der Waals surface area contributed by atoms with Crippen LogP contribution in [0, 0.1) is 0 Å². The second kappa shape index (κ2) is 68.6. The summed E-state index contributed by atoms with van der Waals surface area (Å²) in [6.45, 7) is 6.60. The van der Waals surface area contributed by atoms with Gasteiger partial charge in [0.2, 0.25) is 0 Å². The first-order valence-electron chi connectivity index (χ1n) is 35.3. The normalized spacial score (nSPS) is 12.4. The minimum Gasteiger partial charge on any atom is -0.462 e. The maximum atomic E-state index is 12.9. The molecule has 0 aliphatic carbocycles. The molecule has 1 atom stereocenters. The van der Waals surface area contributed by atoms with Crippen LogP contribution in [-0.2, 0) is 28.6 Å². The van der Waals surface area contributed by atoms with Crippen molar-refractivity contribution in [3.8, 4) is 0 Å². The van der Waals surface area contributed by atoms with Crippen molar-refractivity contribution in [2.45, 2.75) is 380 Å². The fourth-order valence-electron chi connectivity index (χ4n) is 10.5. The number of carbonyl (C=O) groups excluding carboxylic acids is 3. The SMILES string of the molecule is CC/C=C\C/C=C\C/C=C\C/C=C\C/C=C\CCCCCCCCCCCCCCCC(=O)OCC(COC(=O)CCCCCCCCCCCCCCCC)OC(=O)CCCCCCCCCCCCCCCCCCCCC. The number of rotatable bonds is 65. The van der Waals surface area contributed by atoms with Gasteiger partial charge in [-0.05, 0) is 64.2 Å². The van der Waals surface area contributed by atoms with Gasteiger partial charge >= 0.3 is 17.9 Å². The second-order valence-electron chi connectivity index (χ2n) is 23.8. The molecule has 0 spiro atoms. The summed E-state index contributed by atoms with van der Waals surface area (Å²) in [5.41, 5.74) is 0. The molecule has 0 N–H and O–H groups in total. The number of esters is 3. The van der Waals surface area contributed by atoms with E-state index in [0.717, 1.165) is 89.9 Å². The fraction of sp³-hybridized carbons (Fsp3) is 0.824. The number of ether oxygens (including phenoxy) is 3. The van der Waals surface area contributed by atoms with Crippen molar-refractivity contribution < 1.29 is 28.6 Å². The molecule has 0 bridgehead atoms. The van der Waals surface area contributed by atoms with Gasteiger partial charge in [-0.3, -0.25) is 14.4 Å². The van der Waals surface area contributed by atoms with E-state index in [0.29, 0.717) is 19.3 Å². The van der Waals surface area contributed by atoms with Crippen molar-refractivity contribution in [2.75, 3.05) is 13.2 Å². The zero-order chi connectivity index (χ0) is 57.8. The minimum absolute atomic E-state index is 0.0674. The molecule has 0 fully saturated rings. The summed E-state index contributed by atoms with van der Waals surface area (Å²) in [6.07, 6.45) is 88.1. The van der Waals surface area contributed by atoms with E-state index in [2.05, 4.69) is 81.5 Å². The molecule has 466 valence electrons. The number of hydrogen-bond acceptors (Lipinski definition) is 6. The molecule has 6 nitrogen and oxygen atoms in total. The average Bonchev–Trinajstić information content (AvgIpc) is 3.46. The van der Waals surface area contributed by atoms with Crippen LogP contribution in [0.4, 0.5) is 0 Å². The molecule has 0 saturated heterocycles. The maximum absolute atomic E-state index is 12.9. The van der Waals surface area contributed by atoms with Gasteiger partial charge in [-0.1, -0.05) is 351 Å². The highest BCUT2D eigenvalue weighted by atomic mass is 16.6. The van der Waals surface area contributed by atoms with Crippen molar-refractivity contribution >= 4 is 17.9 Å². The van der Waals surface area contributed by atoms with Gasteiger partial charge < -0.3 is 14.2 Å². The van der Waals surface area contributed by atoms with E-state index in [1.54, 1.807) is 0 Å². The summed E-state index contributed by atoms with van der Waals surface area (Å²) in [5, 5.41) is 0. The molecule has 0 aromatic heterocycles. The molecule has 1 unspecified atom stereocenters. The lowest BCUT2D eigenvalue weighted by Gasteiger charge is -2.18. The molecule has 0 saturated carbocycles. The van der Waals surface area contributed by atoms with E-state index < -0.39 is 6.10 Å². The molecule has 0 aliphatic rings. The van der Waals surface area contributed by atoms with Crippen LogP contribution in [0.3, 0.4) is 0 Å². The Kier molecular flexibility index (Phi) is 66.1. The monoisotopic (exact) mass is 1120 g/mol. The lowest BCUT2D eigenvalue weighted by atomic mass is 10.0. The van der Waals surface area contributed by atoms with Gasteiger partial charge in [0, 0.05) is 19.3 Å². The Morgan fingerprint density at radius 3 is 0.762 bits per heavy atom. The van der Waals surface area contributed by atoms with Crippen LogP contribution in [0.15, 0.2) is 60.8 Å². The van der Waals surface area contributed by atoms with Gasteiger partial charge in [-0.15, -0.1) is 0 Å². The van der Waals surface area contributed by atoms with Gasteiger partial charge in [0.05, 0.1) is 0 Å². The Morgan fingerprint density at radius 1 is 0.263 bits per heavy atom. The standard InChI is InChI=1S/C74H134O6/c1-4-7-10-13-16-19-22-25-28-30-32-33-34-35-36-37-38-39-40-41-43-44-46-49-52-55-58-61-64-67-73(76)79-70-71(69-78-72(75)66-63-60-57-54-51-48-27-24-21-18-15-12-9-6-3)80-74(77)68-65-62-59-56-53-50-47-45-42-31-29-26-23-20-17-14-11-8-5-2/h7,10,16,19,25,28,32-33,35-36,71H,4-6,8-9,11-15,17-18,20-24,26-27,29-31,34,37-70H2,1-3H3/b10-7-,19-16-,28-25-,33-32-,36-35-. The van der Waals surface area contributed by atoms with E-state index in [1.807, 2.05) is 0 Å². The van der Waals surface area contributed by atoms with Crippen molar-refractivity contribution in [3.05, 3.63) is 60.8 Å². The quantitative estimate of drug-likeness (QED) is 0.0261. The Morgan fingerprint density at radius 2 is 0.487 bits per heavy atom. The third-order valence-electron chi connectivity index (χ3n) is 15.8. The number of unbranched alkanes of at least 4 members (excludes halogenated alkanes) is 44. The summed E-state index contributed by atoms with van der Waals surface area (Å²) in [4.78, 5) is 38.4. The highest BCUT2D eigenvalue weighted by molar-refractivity contribution is 5.71. The zero-order valence-corrected chi connectivity index (χ0v) is 53.6. The van der Waals surface area contributed by atoms with Crippen molar-refractivity contribution in [1.82, 2.24) is 0 Å². The van der Waals surface area contributed by atoms with Crippen LogP contribution in [0.1, 0.15) is 374 Å². The molecule has 0 aromatic carbocycles. The summed E-state index contributed by atoms with van der Waals surface area (Å²) >= 11 is 0. The van der Waals surface area contributed by atoms with Gasteiger partial charge in [-0.25, -0.2) is 0 Å². The summed E-state index contributed by atoms with van der Waals surface area (Å²) in [6, 6.07) is 0. The first kappa shape index (κ1) is 77.1. The van der Waals surface area contributed by atoms with Crippen LogP contribution < -0.4 is 0 Å². The molecule has 0 aromatic rings. The van der Waals surface area contributed by atoms with Crippen molar-refractivity contribution in [1.29, 1.82) is 0 Å². The van der Waals surface area contributed by atoms with Crippen LogP contribution >= 0.6 is 0 Å². The van der Waals surface area contributed by atoms with E-state index in [4.69, 9.17) is 14.2 Å². The summed E-state index contributed by atoms with van der Waals surface area (Å²) < 4.78 is 17.0. The van der Waals surface area contributed by atoms with E-state index in [9.17, 15) is 14.4 Å². The van der Waals surface area contributed by atoms with Crippen LogP contribution in [0.5, 0.6) is 0 Å². The van der Waals surface area contributed by atoms with Gasteiger partial charge in [0.1, 0.15) is 13.2 Å². The number of hydrogen-bond donors (Lipinski definition) is 0. The van der Waals surface area contributed by atoms with Crippen molar-refractivity contribution in [2.24, 2.45) is 0 Å². The number of carbonyl (C=O) groups is 3. The molecule has 0 heterocycles. The first-order chi connectivity index (χ1) is 39.5. The molecule has 0 amide bonds. The Labute approximate surface area is 498 Å². The topological polar surface area (TPSA) is 78.9 Å². The first-order valence-corrected chi connectivity index (χ1v) is 35.3. The molecule has 80 heavy (non-hydrogen) atoms. The van der Waals surface area contributed by atoms with Crippen LogP contribution in [0.25, 0.3) is 0 Å². The minimum atomic E-state index is -0.771. The van der Waals surface area contributed by atoms with Gasteiger partial charge in [0.15, 0.2) is 6.10 Å².